The van der Waals surface area contributed by atoms with Gasteiger partial charge < -0.3 is 9.47 Å². The summed E-state index contributed by atoms with van der Waals surface area (Å²) < 4.78 is 17.7. The number of para-hydroxylation sites is 2. The molecular formula is C62H40N6O2. The van der Waals surface area contributed by atoms with Gasteiger partial charge in [0.05, 0.1) is 45.8 Å². The number of fused-ring (bicyclic) bond motifs is 6. The second-order valence-electron chi connectivity index (χ2n) is 17.1. The lowest BCUT2D eigenvalue weighted by molar-refractivity contribution is 0.483. The first-order valence-corrected chi connectivity index (χ1v) is 23.2. The summed E-state index contributed by atoms with van der Waals surface area (Å²) in [5.41, 5.74) is 11.7. The van der Waals surface area contributed by atoms with Crippen molar-refractivity contribution in [3.05, 3.63) is 243 Å². The average Bonchev–Trinajstić information content (AvgIpc) is 3.93. The zero-order valence-corrected chi connectivity index (χ0v) is 37.6. The first-order chi connectivity index (χ1) is 34.7. The van der Waals surface area contributed by atoms with Crippen LogP contribution in [0.4, 0.5) is 0 Å². The van der Waals surface area contributed by atoms with Crippen LogP contribution < -0.4 is 9.47 Å². The molecule has 0 fully saturated rings. The molecule has 8 nitrogen and oxygen atoms in total. The van der Waals surface area contributed by atoms with Crippen molar-refractivity contribution in [2.75, 3.05) is 0 Å². The van der Waals surface area contributed by atoms with Gasteiger partial charge in [0.1, 0.15) is 34.6 Å². The lowest BCUT2D eigenvalue weighted by atomic mass is 10.1. The summed E-state index contributed by atoms with van der Waals surface area (Å²) in [5, 5.41) is 4.53. The van der Waals surface area contributed by atoms with E-state index in [4.69, 9.17) is 29.4 Å². The first kappa shape index (κ1) is 40.6. The van der Waals surface area contributed by atoms with Gasteiger partial charge in [-0.3, -0.25) is 19.1 Å². The van der Waals surface area contributed by atoms with E-state index in [1.165, 1.54) is 0 Å². The summed E-state index contributed by atoms with van der Waals surface area (Å²) in [6.45, 7) is 0. The summed E-state index contributed by atoms with van der Waals surface area (Å²) in [4.78, 5) is 19.6. The Labute approximate surface area is 403 Å². The molecule has 5 heterocycles. The van der Waals surface area contributed by atoms with Crippen molar-refractivity contribution in [2.45, 2.75) is 0 Å². The van der Waals surface area contributed by atoms with E-state index in [2.05, 4.69) is 143 Å². The normalized spacial score (nSPS) is 11.4. The van der Waals surface area contributed by atoms with Gasteiger partial charge in [-0.1, -0.05) is 121 Å². The van der Waals surface area contributed by atoms with Crippen LogP contribution in [0.3, 0.4) is 0 Å². The Morgan fingerprint density at radius 3 is 1.14 bits per heavy atom. The van der Waals surface area contributed by atoms with Crippen LogP contribution in [0, 0.1) is 0 Å². The largest absolute Gasteiger partial charge is 0.457 e. The zero-order valence-electron chi connectivity index (χ0n) is 37.6. The molecule has 0 saturated heterocycles. The molecule has 0 unspecified atom stereocenters. The topological polar surface area (TPSA) is 79.9 Å². The Balaban J connectivity index is 0.774. The van der Waals surface area contributed by atoms with Crippen LogP contribution in [0.2, 0.25) is 0 Å². The van der Waals surface area contributed by atoms with Gasteiger partial charge >= 0.3 is 0 Å². The second kappa shape index (κ2) is 17.2. The van der Waals surface area contributed by atoms with E-state index in [1.54, 1.807) is 12.4 Å². The van der Waals surface area contributed by atoms with Crippen molar-refractivity contribution in [1.29, 1.82) is 0 Å². The van der Waals surface area contributed by atoms with E-state index in [9.17, 15) is 0 Å². The maximum absolute atomic E-state index is 6.60. The highest BCUT2D eigenvalue weighted by atomic mass is 16.5. The molecule has 0 amide bonds. The van der Waals surface area contributed by atoms with Gasteiger partial charge in [0.25, 0.3) is 0 Å². The third-order valence-electron chi connectivity index (χ3n) is 12.8. The van der Waals surface area contributed by atoms with Crippen molar-refractivity contribution in [3.63, 3.8) is 0 Å². The van der Waals surface area contributed by atoms with Crippen LogP contribution in [0.25, 0.3) is 100 Å². The van der Waals surface area contributed by atoms with Gasteiger partial charge in [0, 0.05) is 68.3 Å². The SMILES string of the molecule is c1ccc(-c2cccnc2-n2c3ccccc3c3ccc(Oc4cccc(-c5cnc(-c6cccc(Oc7ccc8c9ccccc9n(-c9ncccc9-c9ccccc9)c8c7)c6)cn5)c4)cc32)cc1. The van der Waals surface area contributed by atoms with Gasteiger partial charge in [-0.25, -0.2) is 9.97 Å². The van der Waals surface area contributed by atoms with Crippen LogP contribution in [0.1, 0.15) is 0 Å². The monoisotopic (exact) mass is 900 g/mol. The van der Waals surface area contributed by atoms with Gasteiger partial charge in [-0.05, 0) is 96.1 Å². The molecule has 0 N–H and O–H groups in total. The predicted molar refractivity (Wildman–Crippen MR) is 281 cm³/mol. The van der Waals surface area contributed by atoms with E-state index in [0.29, 0.717) is 23.0 Å². The number of nitrogens with zero attached hydrogens (tertiary/aromatic N) is 6. The number of hydrogen-bond donors (Lipinski definition) is 0. The summed E-state index contributed by atoms with van der Waals surface area (Å²) in [7, 11) is 0. The number of aromatic nitrogens is 6. The number of hydrogen-bond acceptors (Lipinski definition) is 6. The fraction of sp³-hybridized carbons (Fsp3) is 0. The third kappa shape index (κ3) is 7.28. The molecule has 13 rings (SSSR count). The molecule has 8 heteroatoms. The van der Waals surface area contributed by atoms with Crippen molar-refractivity contribution >= 4 is 43.6 Å². The molecule has 8 aromatic carbocycles. The maximum Gasteiger partial charge on any atom is 0.145 e. The standard InChI is InChI=1S/C62H40N6O2/c1-3-15-41(16-4-1)49-25-13-33-63-61(49)67-57-27-9-7-23-51(57)53-31-29-47(37-59(53)67)69-45-21-11-19-43(35-45)55-39-66-56(40-65-55)44-20-12-22-46(36-44)70-48-30-32-54-52-24-8-10-28-58(52)68(60(54)38-48)62-50(26-14-34-64-62)42-17-5-2-6-18-42/h1-40H. The molecule has 0 atom stereocenters. The van der Waals surface area contributed by atoms with Gasteiger partial charge in [-0.15, -0.1) is 0 Å². The predicted octanol–water partition coefficient (Wildman–Crippen LogP) is 15.7. The van der Waals surface area contributed by atoms with Crippen LogP contribution in [-0.4, -0.2) is 29.1 Å². The molecule has 13 aromatic rings. The third-order valence-corrected chi connectivity index (χ3v) is 12.8. The molecule has 0 spiro atoms. The summed E-state index contributed by atoms with van der Waals surface area (Å²) in [5.74, 6) is 4.51. The average molecular weight is 901 g/mol. The van der Waals surface area contributed by atoms with Crippen LogP contribution >= 0.6 is 0 Å². The van der Waals surface area contributed by atoms with Crippen molar-refractivity contribution in [1.82, 2.24) is 29.1 Å². The number of pyridine rings is 2. The lowest BCUT2D eigenvalue weighted by Crippen LogP contribution is -2.00. The van der Waals surface area contributed by atoms with Crippen LogP contribution in [-0.2, 0) is 0 Å². The Hall–Kier alpha value is -9.66. The van der Waals surface area contributed by atoms with Gasteiger partial charge in [0.15, 0.2) is 0 Å². The fourth-order valence-corrected chi connectivity index (χ4v) is 9.66. The van der Waals surface area contributed by atoms with Crippen LogP contribution in [0.5, 0.6) is 23.0 Å². The van der Waals surface area contributed by atoms with Gasteiger partial charge in [0.2, 0.25) is 0 Å². The highest BCUT2D eigenvalue weighted by Gasteiger charge is 2.20. The van der Waals surface area contributed by atoms with Crippen molar-refractivity contribution in [3.8, 4) is 79.4 Å². The molecule has 0 aliphatic heterocycles. The Morgan fingerprint density at radius 1 is 0.286 bits per heavy atom. The molecule has 5 aromatic heterocycles. The molecular weight excluding hydrogens is 861 g/mol. The highest BCUT2D eigenvalue weighted by Crippen LogP contribution is 2.40. The number of rotatable bonds is 10. The van der Waals surface area contributed by atoms with Crippen molar-refractivity contribution in [2.24, 2.45) is 0 Å². The molecule has 0 saturated carbocycles. The maximum atomic E-state index is 6.60. The Morgan fingerprint density at radius 2 is 0.686 bits per heavy atom. The Bertz CT molecular complexity index is 3810. The smallest absolute Gasteiger partial charge is 0.145 e. The highest BCUT2D eigenvalue weighted by molar-refractivity contribution is 6.11. The van der Waals surface area contributed by atoms with E-state index in [1.807, 2.05) is 97.3 Å². The first-order valence-electron chi connectivity index (χ1n) is 23.2. The summed E-state index contributed by atoms with van der Waals surface area (Å²) in [6.07, 6.45) is 7.31. The summed E-state index contributed by atoms with van der Waals surface area (Å²) >= 11 is 0. The minimum atomic E-state index is 0.688. The lowest BCUT2D eigenvalue weighted by Gasteiger charge is -2.13. The second-order valence-corrected chi connectivity index (χ2v) is 17.1. The quantitative estimate of drug-likeness (QED) is 0.136. The van der Waals surface area contributed by atoms with E-state index in [-0.39, 0.29) is 0 Å². The molecule has 330 valence electrons. The van der Waals surface area contributed by atoms with Crippen molar-refractivity contribution < 1.29 is 9.47 Å². The fourth-order valence-electron chi connectivity index (χ4n) is 9.66. The molecule has 0 radical (unpaired) electrons. The minimum absolute atomic E-state index is 0.688. The van der Waals surface area contributed by atoms with E-state index in [0.717, 1.165) is 100 Å². The van der Waals surface area contributed by atoms with E-state index >= 15 is 0 Å². The molecule has 0 aliphatic rings. The number of benzene rings is 8. The minimum Gasteiger partial charge on any atom is -0.457 e. The molecule has 0 aliphatic carbocycles. The van der Waals surface area contributed by atoms with Gasteiger partial charge in [-0.2, -0.15) is 0 Å². The molecule has 70 heavy (non-hydrogen) atoms. The molecule has 0 bridgehead atoms. The Kier molecular flexibility index (Phi) is 9.98. The van der Waals surface area contributed by atoms with E-state index < -0.39 is 0 Å². The summed E-state index contributed by atoms with van der Waals surface area (Å²) in [6, 6.07) is 74.3. The zero-order chi connectivity index (χ0) is 46.4. The number of ether oxygens (including phenoxy) is 2. The van der Waals surface area contributed by atoms with Crippen LogP contribution in [0.15, 0.2) is 243 Å².